The molecule has 0 amide bonds. The van der Waals surface area contributed by atoms with E-state index in [9.17, 15) is 0 Å². The Morgan fingerprint density at radius 3 is 2.25 bits per heavy atom. The number of hydrogen-bond acceptors (Lipinski definition) is 2. The number of anilines is 1. The Hall–Kier alpha value is -1.96. The highest BCUT2D eigenvalue weighted by molar-refractivity contribution is 5.54. The number of nitrogens with one attached hydrogen (secondary N) is 1. The second-order valence-electron chi connectivity index (χ2n) is 5.43. The fraction of sp³-hybridized carbons (Fsp3) is 0.333. The summed E-state index contributed by atoms with van der Waals surface area (Å²) in [5.74, 6) is 0.931. The van der Waals surface area contributed by atoms with Gasteiger partial charge in [0.05, 0.1) is 13.2 Å². The lowest BCUT2D eigenvalue weighted by atomic mass is 10.0. The van der Waals surface area contributed by atoms with E-state index in [1.54, 1.807) is 7.11 Å². The van der Waals surface area contributed by atoms with E-state index in [1.165, 1.54) is 27.9 Å². The number of rotatable bonds is 4. The average molecular weight is 269 g/mol. The summed E-state index contributed by atoms with van der Waals surface area (Å²) in [5, 5.41) is 3.58. The van der Waals surface area contributed by atoms with Gasteiger partial charge in [0.1, 0.15) is 5.75 Å². The zero-order valence-corrected chi connectivity index (χ0v) is 12.9. The average Bonchev–Trinajstić information content (AvgIpc) is 2.41. The van der Waals surface area contributed by atoms with E-state index < -0.39 is 0 Å². The minimum absolute atomic E-state index is 0.200. The number of benzene rings is 2. The minimum Gasteiger partial charge on any atom is -0.496 e. The molecule has 20 heavy (non-hydrogen) atoms. The molecule has 0 aliphatic heterocycles. The molecule has 0 aliphatic carbocycles. The summed E-state index contributed by atoms with van der Waals surface area (Å²) in [7, 11) is 1.72. The Morgan fingerprint density at radius 2 is 1.60 bits per heavy atom. The van der Waals surface area contributed by atoms with Crippen LogP contribution < -0.4 is 10.1 Å². The number of methoxy groups -OCH3 is 1. The normalized spacial score (nSPS) is 12.1. The van der Waals surface area contributed by atoms with E-state index in [2.05, 4.69) is 63.3 Å². The van der Waals surface area contributed by atoms with Gasteiger partial charge in [-0.2, -0.15) is 0 Å². The maximum absolute atomic E-state index is 5.47. The van der Waals surface area contributed by atoms with Crippen molar-refractivity contribution in [3.8, 4) is 5.75 Å². The smallest absolute Gasteiger partial charge is 0.124 e. The molecule has 0 saturated heterocycles. The van der Waals surface area contributed by atoms with Gasteiger partial charge in [0.15, 0.2) is 0 Å². The van der Waals surface area contributed by atoms with E-state index in [-0.39, 0.29) is 6.04 Å². The van der Waals surface area contributed by atoms with E-state index in [0.29, 0.717) is 0 Å². The van der Waals surface area contributed by atoms with Crippen molar-refractivity contribution < 1.29 is 4.74 Å². The molecule has 0 aromatic heterocycles. The Labute approximate surface area is 121 Å². The Kier molecular flexibility index (Phi) is 4.33. The van der Waals surface area contributed by atoms with Gasteiger partial charge in [-0.05, 0) is 45.4 Å². The van der Waals surface area contributed by atoms with Crippen molar-refractivity contribution in [3.05, 3.63) is 58.7 Å². The molecule has 0 radical (unpaired) electrons. The summed E-state index contributed by atoms with van der Waals surface area (Å²) in [6.07, 6.45) is 0. The van der Waals surface area contributed by atoms with Gasteiger partial charge in [0, 0.05) is 11.3 Å². The van der Waals surface area contributed by atoms with E-state index in [1.807, 2.05) is 6.07 Å². The molecule has 0 saturated carbocycles. The van der Waals surface area contributed by atoms with Crippen LogP contribution in [-0.2, 0) is 0 Å². The first-order valence-corrected chi connectivity index (χ1v) is 6.99. The molecule has 2 aromatic rings. The van der Waals surface area contributed by atoms with Crippen LogP contribution in [0, 0.1) is 20.8 Å². The highest BCUT2D eigenvalue weighted by Crippen LogP contribution is 2.29. The molecule has 1 unspecified atom stereocenters. The van der Waals surface area contributed by atoms with E-state index in [0.717, 1.165) is 5.75 Å². The SMILES string of the molecule is COc1ccc(C)cc1C(C)Nc1ccc(C)cc1C. The predicted molar refractivity (Wildman–Crippen MR) is 85.7 cm³/mol. The molecule has 106 valence electrons. The molecule has 2 nitrogen and oxygen atoms in total. The van der Waals surface area contributed by atoms with Crippen LogP contribution in [0.15, 0.2) is 36.4 Å². The number of hydrogen-bond donors (Lipinski definition) is 1. The molecule has 0 bridgehead atoms. The van der Waals surface area contributed by atoms with Gasteiger partial charge >= 0.3 is 0 Å². The zero-order chi connectivity index (χ0) is 14.7. The Bertz CT molecular complexity index is 604. The fourth-order valence-corrected chi connectivity index (χ4v) is 2.48. The monoisotopic (exact) mass is 269 g/mol. The summed E-state index contributed by atoms with van der Waals surface area (Å²) < 4.78 is 5.47. The van der Waals surface area contributed by atoms with E-state index in [4.69, 9.17) is 4.74 Å². The molecule has 0 fully saturated rings. The summed E-state index contributed by atoms with van der Waals surface area (Å²) in [5.41, 5.74) is 6.16. The topological polar surface area (TPSA) is 21.3 Å². The van der Waals surface area contributed by atoms with Crippen molar-refractivity contribution in [3.63, 3.8) is 0 Å². The van der Waals surface area contributed by atoms with Crippen molar-refractivity contribution >= 4 is 5.69 Å². The first-order chi connectivity index (χ1) is 9.51. The van der Waals surface area contributed by atoms with Crippen LogP contribution in [0.4, 0.5) is 5.69 Å². The second-order valence-corrected chi connectivity index (χ2v) is 5.43. The molecule has 2 rings (SSSR count). The van der Waals surface area contributed by atoms with Gasteiger partial charge in [0.25, 0.3) is 0 Å². The van der Waals surface area contributed by atoms with Gasteiger partial charge in [-0.25, -0.2) is 0 Å². The summed E-state index contributed by atoms with van der Waals surface area (Å²) in [4.78, 5) is 0. The number of aryl methyl sites for hydroxylation is 3. The van der Waals surface area contributed by atoms with Crippen molar-refractivity contribution in [1.82, 2.24) is 0 Å². The van der Waals surface area contributed by atoms with Crippen molar-refractivity contribution in [1.29, 1.82) is 0 Å². The largest absolute Gasteiger partial charge is 0.496 e. The second kappa shape index (κ2) is 6.00. The maximum atomic E-state index is 5.47. The van der Waals surface area contributed by atoms with Crippen LogP contribution in [0.25, 0.3) is 0 Å². The molecule has 1 atom stereocenters. The van der Waals surface area contributed by atoms with Gasteiger partial charge in [-0.3, -0.25) is 0 Å². The first kappa shape index (κ1) is 14.4. The molecular formula is C18H23NO. The summed E-state index contributed by atoms with van der Waals surface area (Å²) >= 11 is 0. The highest BCUT2D eigenvalue weighted by atomic mass is 16.5. The van der Waals surface area contributed by atoms with Crippen LogP contribution in [0.1, 0.15) is 35.2 Å². The Balaban J connectivity index is 2.27. The van der Waals surface area contributed by atoms with Gasteiger partial charge in [-0.1, -0.05) is 35.4 Å². The first-order valence-electron chi connectivity index (χ1n) is 6.99. The molecule has 0 heterocycles. The third-order valence-corrected chi connectivity index (χ3v) is 3.61. The fourth-order valence-electron chi connectivity index (χ4n) is 2.48. The molecule has 2 aromatic carbocycles. The predicted octanol–water partition coefficient (Wildman–Crippen LogP) is 4.79. The van der Waals surface area contributed by atoms with Crippen molar-refractivity contribution in [2.24, 2.45) is 0 Å². The van der Waals surface area contributed by atoms with Crippen molar-refractivity contribution in [2.75, 3.05) is 12.4 Å². The van der Waals surface area contributed by atoms with Crippen LogP contribution in [0.3, 0.4) is 0 Å². The molecule has 0 spiro atoms. The minimum atomic E-state index is 0.200. The molecule has 1 N–H and O–H groups in total. The lowest BCUT2D eigenvalue weighted by Crippen LogP contribution is -2.09. The van der Waals surface area contributed by atoms with Crippen LogP contribution in [0.2, 0.25) is 0 Å². The third kappa shape index (κ3) is 3.13. The number of ether oxygens (including phenoxy) is 1. The summed E-state index contributed by atoms with van der Waals surface area (Å²) in [6, 6.07) is 13.0. The Morgan fingerprint density at radius 1 is 0.950 bits per heavy atom. The van der Waals surface area contributed by atoms with E-state index >= 15 is 0 Å². The molecule has 2 heteroatoms. The highest BCUT2D eigenvalue weighted by Gasteiger charge is 2.12. The van der Waals surface area contributed by atoms with Gasteiger partial charge in [0.2, 0.25) is 0 Å². The zero-order valence-electron chi connectivity index (χ0n) is 12.9. The van der Waals surface area contributed by atoms with Crippen molar-refractivity contribution in [2.45, 2.75) is 33.7 Å². The van der Waals surface area contributed by atoms with Gasteiger partial charge < -0.3 is 10.1 Å². The lowest BCUT2D eigenvalue weighted by Gasteiger charge is -2.20. The maximum Gasteiger partial charge on any atom is 0.124 e. The third-order valence-electron chi connectivity index (χ3n) is 3.61. The van der Waals surface area contributed by atoms with Crippen LogP contribution in [0.5, 0.6) is 5.75 Å². The van der Waals surface area contributed by atoms with Crippen LogP contribution in [-0.4, -0.2) is 7.11 Å². The molecule has 0 aliphatic rings. The van der Waals surface area contributed by atoms with Crippen LogP contribution >= 0.6 is 0 Å². The standard InChI is InChI=1S/C18H23NO/c1-12-6-8-17(14(3)10-12)19-15(4)16-11-13(2)7-9-18(16)20-5/h6-11,15,19H,1-5H3. The lowest BCUT2D eigenvalue weighted by molar-refractivity contribution is 0.408. The summed E-state index contributed by atoms with van der Waals surface area (Å²) in [6.45, 7) is 8.52. The van der Waals surface area contributed by atoms with Gasteiger partial charge in [-0.15, -0.1) is 0 Å². The molecular weight excluding hydrogens is 246 g/mol. The quantitative estimate of drug-likeness (QED) is 0.861.